The van der Waals surface area contributed by atoms with Crippen molar-refractivity contribution in [1.82, 2.24) is 0 Å². The van der Waals surface area contributed by atoms with Gasteiger partial charge in [0.2, 0.25) is 17.4 Å². The molecule has 0 spiro atoms. The summed E-state index contributed by atoms with van der Waals surface area (Å²) >= 11 is 0. The molecule has 0 aliphatic heterocycles. The third kappa shape index (κ3) is 4.37. The minimum atomic E-state index is -1.89. The van der Waals surface area contributed by atoms with Crippen molar-refractivity contribution in [3.63, 3.8) is 0 Å². The lowest BCUT2D eigenvalue weighted by Gasteiger charge is -2.24. The second-order valence-corrected chi connectivity index (χ2v) is 7.30. The summed E-state index contributed by atoms with van der Waals surface area (Å²) in [5.41, 5.74) is -0.933. The predicted molar refractivity (Wildman–Crippen MR) is 113 cm³/mol. The van der Waals surface area contributed by atoms with Gasteiger partial charge in [0.25, 0.3) is 5.91 Å². The zero-order valence-corrected chi connectivity index (χ0v) is 17.2. The molecule has 0 aromatic heterocycles. The molecule has 1 aliphatic rings. The molecule has 0 saturated heterocycles. The number of ether oxygens (including phenoxy) is 1. The summed E-state index contributed by atoms with van der Waals surface area (Å²) in [6.45, 7) is 0. The number of ketones is 1. The van der Waals surface area contributed by atoms with Gasteiger partial charge in [-0.2, -0.15) is 8.78 Å². The summed E-state index contributed by atoms with van der Waals surface area (Å²) < 4.78 is 64.5. The number of allylic oxidation sites excluding steroid dienone is 2. The standard InChI is InChI=1S/C25H17F4NO3/c26-20-19(21(27)23(29)24(22(20)28)33-18-13-7-12-17(31)14-18)25(32)30(15-8-3-1-4-9-15)16-10-5-2-6-11-16/h1-6,8-11,14H,7,12-13H2. The number of amides is 1. The van der Waals surface area contributed by atoms with Crippen LogP contribution in [0.2, 0.25) is 0 Å². The van der Waals surface area contributed by atoms with E-state index in [1.165, 1.54) is 24.3 Å². The quantitative estimate of drug-likeness (QED) is 0.338. The highest BCUT2D eigenvalue weighted by atomic mass is 19.2. The van der Waals surface area contributed by atoms with Crippen molar-refractivity contribution in [2.24, 2.45) is 0 Å². The van der Waals surface area contributed by atoms with Crippen LogP contribution in [0.4, 0.5) is 28.9 Å². The lowest BCUT2D eigenvalue weighted by Crippen LogP contribution is -2.29. The molecule has 1 amide bonds. The van der Waals surface area contributed by atoms with E-state index in [-0.39, 0.29) is 35.8 Å². The highest BCUT2D eigenvalue weighted by molar-refractivity contribution is 6.11. The number of anilines is 2. The maximum Gasteiger partial charge on any atom is 0.269 e. The summed E-state index contributed by atoms with van der Waals surface area (Å²) in [6.07, 6.45) is 1.81. The molecule has 0 bridgehead atoms. The van der Waals surface area contributed by atoms with E-state index in [4.69, 9.17) is 4.74 Å². The molecule has 4 rings (SSSR count). The second kappa shape index (κ2) is 9.28. The molecule has 33 heavy (non-hydrogen) atoms. The lowest BCUT2D eigenvalue weighted by molar-refractivity contribution is -0.115. The number of carbonyl (C=O) groups excluding carboxylic acids is 2. The van der Waals surface area contributed by atoms with Crippen molar-refractivity contribution in [2.75, 3.05) is 4.90 Å². The summed E-state index contributed by atoms with van der Waals surface area (Å²) in [4.78, 5) is 25.7. The van der Waals surface area contributed by atoms with Crippen LogP contribution in [0.25, 0.3) is 0 Å². The molecular weight excluding hydrogens is 438 g/mol. The molecule has 3 aromatic carbocycles. The van der Waals surface area contributed by atoms with Gasteiger partial charge < -0.3 is 4.74 Å². The Morgan fingerprint density at radius 3 is 1.76 bits per heavy atom. The van der Waals surface area contributed by atoms with Gasteiger partial charge in [-0.15, -0.1) is 0 Å². The highest BCUT2D eigenvalue weighted by Gasteiger charge is 2.34. The van der Waals surface area contributed by atoms with Crippen LogP contribution in [0.15, 0.2) is 72.5 Å². The molecule has 0 heterocycles. The van der Waals surface area contributed by atoms with Crippen LogP contribution in [0.5, 0.6) is 5.75 Å². The Labute approximate surface area is 186 Å². The molecule has 3 aromatic rings. The first-order chi connectivity index (χ1) is 15.9. The van der Waals surface area contributed by atoms with E-state index in [0.29, 0.717) is 6.42 Å². The number of hydrogen-bond acceptors (Lipinski definition) is 3. The topological polar surface area (TPSA) is 46.6 Å². The molecule has 0 N–H and O–H groups in total. The van der Waals surface area contributed by atoms with Gasteiger partial charge in [-0.05, 0) is 30.7 Å². The van der Waals surface area contributed by atoms with E-state index < -0.39 is 40.5 Å². The zero-order chi connectivity index (χ0) is 23.5. The molecule has 0 unspecified atom stereocenters. The van der Waals surface area contributed by atoms with E-state index in [1.54, 1.807) is 36.4 Å². The van der Waals surface area contributed by atoms with Crippen molar-refractivity contribution >= 4 is 23.1 Å². The normalized spacial score (nSPS) is 13.5. The molecular formula is C25H17F4NO3. The third-order valence-corrected chi connectivity index (χ3v) is 5.07. The maximum atomic E-state index is 15.0. The predicted octanol–water partition coefficient (Wildman–Crippen LogP) is 6.24. The van der Waals surface area contributed by atoms with E-state index >= 15 is 0 Å². The van der Waals surface area contributed by atoms with E-state index in [9.17, 15) is 27.2 Å². The lowest BCUT2D eigenvalue weighted by atomic mass is 10.0. The zero-order valence-electron chi connectivity index (χ0n) is 17.2. The van der Waals surface area contributed by atoms with Crippen molar-refractivity contribution < 1.29 is 31.9 Å². The molecule has 0 saturated carbocycles. The number of hydrogen-bond donors (Lipinski definition) is 0. The largest absolute Gasteiger partial charge is 0.455 e. The van der Waals surface area contributed by atoms with Gasteiger partial charge in [0.15, 0.2) is 17.4 Å². The molecule has 0 fully saturated rings. The third-order valence-electron chi connectivity index (χ3n) is 5.07. The molecule has 0 atom stereocenters. The van der Waals surface area contributed by atoms with Crippen molar-refractivity contribution in [1.29, 1.82) is 0 Å². The first-order valence-electron chi connectivity index (χ1n) is 10.1. The van der Waals surface area contributed by atoms with Crippen LogP contribution < -0.4 is 9.64 Å². The van der Waals surface area contributed by atoms with Gasteiger partial charge >= 0.3 is 0 Å². The smallest absolute Gasteiger partial charge is 0.269 e. The van der Waals surface area contributed by atoms with E-state index in [1.807, 2.05) is 0 Å². The number of para-hydroxylation sites is 2. The number of rotatable bonds is 5. The minimum Gasteiger partial charge on any atom is -0.455 e. The summed E-state index contributed by atoms with van der Waals surface area (Å²) in [7, 11) is 0. The van der Waals surface area contributed by atoms with Gasteiger partial charge in [-0.25, -0.2) is 8.78 Å². The van der Waals surface area contributed by atoms with Gasteiger partial charge in [-0.3, -0.25) is 14.5 Å². The minimum absolute atomic E-state index is 0.114. The van der Waals surface area contributed by atoms with E-state index in [0.717, 1.165) is 11.0 Å². The van der Waals surface area contributed by atoms with Gasteiger partial charge in [0.05, 0.1) is 0 Å². The average molecular weight is 455 g/mol. The second-order valence-electron chi connectivity index (χ2n) is 7.30. The Balaban J connectivity index is 1.81. The molecule has 8 heteroatoms. The average Bonchev–Trinajstić information content (AvgIpc) is 2.82. The summed E-state index contributed by atoms with van der Waals surface area (Å²) in [5, 5.41) is 0. The fourth-order valence-corrected chi connectivity index (χ4v) is 3.51. The van der Waals surface area contributed by atoms with Crippen LogP contribution in [-0.2, 0) is 4.79 Å². The Hall–Kier alpha value is -3.94. The Morgan fingerprint density at radius 1 is 0.758 bits per heavy atom. The number of halogens is 4. The Bertz CT molecular complexity index is 1180. The molecule has 0 radical (unpaired) electrons. The van der Waals surface area contributed by atoms with Crippen LogP contribution in [0.1, 0.15) is 29.6 Å². The highest BCUT2D eigenvalue weighted by Crippen LogP contribution is 2.35. The summed E-state index contributed by atoms with van der Waals surface area (Å²) in [6, 6.07) is 15.8. The molecule has 168 valence electrons. The summed E-state index contributed by atoms with van der Waals surface area (Å²) in [5.74, 6) is -10.6. The van der Waals surface area contributed by atoms with Gasteiger partial charge in [0, 0.05) is 30.3 Å². The van der Waals surface area contributed by atoms with Crippen molar-refractivity contribution in [3.05, 3.63) is 101 Å². The SMILES string of the molecule is O=C1C=C(Oc2c(F)c(F)c(C(=O)N(c3ccccc3)c3ccccc3)c(F)c2F)CCC1. The maximum absolute atomic E-state index is 15.0. The number of benzene rings is 3. The Kier molecular flexibility index (Phi) is 6.26. The number of nitrogens with zero attached hydrogens (tertiary/aromatic N) is 1. The van der Waals surface area contributed by atoms with Gasteiger partial charge in [-0.1, -0.05) is 36.4 Å². The number of carbonyl (C=O) groups is 2. The van der Waals surface area contributed by atoms with Crippen LogP contribution in [0, 0.1) is 23.3 Å². The Morgan fingerprint density at radius 2 is 1.27 bits per heavy atom. The first kappa shape index (κ1) is 22.3. The van der Waals surface area contributed by atoms with Crippen LogP contribution in [0.3, 0.4) is 0 Å². The van der Waals surface area contributed by atoms with Gasteiger partial charge in [0.1, 0.15) is 11.3 Å². The monoisotopic (exact) mass is 455 g/mol. The molecule has 1 aliphatic carbocycles. The van der Waals surface area contributed by atoms with Crippen molar-refractivity contribution in [3.8, 4) is 5.75 Å². The van der Waals surface area contributed by atoms with E-state index in [2.05, 4.69) is 0 Å². The molecule has 4 nitrogen and oxygen atoms in total. The van der Waals surface area contributed by atoms with Crippen molar-refractivity contribution in [2.45, 2.75) is 19.3 Å². The fourth-order valence-electron chi connectivity index (χ4n) is 3.51. The first-order valence-corrected chi connectivity index (χ1v) is 10.1. The fraction of sp³-hybridized carbons (Fsp3) is 0.120. The van der Waals surface area contributed by atoms with Crippen LogP contribution >= 0.6 is 0 Å². The van der Waals surface area contributed by atoms with Crippen LogP contribution in [-0.4, -0.2) is 11.7 Å².